The molecule has 1 fully saturated rings. The number of nitrogens with zero attached hydrogens (tertiary/aromatic N) is 1. The third kappa shape index (κ3) is 3.02. The summed E-state index contributed by atoms with van der Waals surface area (Å²) in [6.45, 7) is 7.60. The van der Waals surface area contributed by atoms with E-state index in [2.05, 4.69) is 19.2 Å². The van der Waals surface area contributed by atoms with Gasteiger partial charge >= 0.3 is 0 Å². The summed E-state index contributed by atoms with van der Waals surface area (Å²) < 4.78 is 0. The SMILES string of the molecule is CC(C)C(CN)CN1CC(=O)NC(=O)C1C. The lowest BCUT2D eigenvalue weighted by molar-refractivity contribution is -0.139. The van der Waals surface area contributed by atoms with Crippen molar-refractivity contribution in [1.29, 1.82) is 0 Å². The van der Waals surface area contributed by atoms with Gasteiger partial charge < -0.3 is 5.73 Å². The summed E-state index contributed by atoms with van der Waals surface area (Å²) in [4.78, 5) is 24.6. The van der Waals surface area contributed by atoms with E-state index >= 15 is 0 Å². The molecule has 1 aliphatic heterocycles. The third-order valence-corrected chi connectivity index (χ3v) is 3.25. The molecular weight excluding hydrogens is 206 g/mol. The van der Waals surface area contributed by atoms with E-state index in [1.807, 2.05) is 11.8 Å². The van der Waals surface area contributed by atoms with Crippen LogP contribution in [0.15, 0.2) is 0 Å². The van der Waals surface area contributed by atoms with E-state index in [1.165, 1.54) is 0 Å². The summed E-state index contributed by atoms with van der Waals surface area (Å²) in [7, 11) is 0. The Morgan fingerprint density at radius 2 is 2.12 bits per heavy atom. The summed E-state index contributed by atoms with van der Waals surface area (Å²) in [5, 5.41) is 2.33. The highest BCUT2D eigenvalue weighted by Gasteiger charge is 2.31. The Kier molecular flexibility index (Phi) is 4.44. The van der Waals surface area contributed by atoms with Crippen LogP contribution in [-0.4, -0.2) is 42.4 Å². The Morgan fingerprint density at radius 3 is 2.62 bits per heavy atom. The number of imide groups is 1. The average Bonchev–Trinajstić information content (AvgIpc) is 2.20. The molecular formula is C11H21N3O2. The molecule has 2 atom stereocenters. The van der Waals surface area contributed by atoms with Gasteiger partial charge in [-0.2, -0.15) is 0 Å². The molecule has 16 heavy (non-hydrogen) atoms. The molecule has 1 rings (SSSR count). The van der Waals surface area contributed by atoms with Crippen LogP contribution in [0, 0.1) is 11.8 Å². The zero-order valence-electron chi connectivity index (χ0n) is 10.2. The maximum Gasteiger partial charge on any atom is 0.243 e. The standard InChI is InChI=1S/C11H21N3O2/c1-7(2)9(4-12)5-14-6-10(15)13-11(16)8(14)3/h7-9H,4-6,12H2,1-3H3,(H,13,15,16). The molecule has 0 spiro atoms. The van der Waals surface area contributed by atoms with E-state index in [9.17, 15) is 9.59 Å². The predicted molar refractivity (Wildman–Crippen MR) is 61.6 cm³/mol. The van der Waals surface area contributed by atoms with Crippen molar-refractivity contribution in [2.24, 2.45) is 17.6 Å². The molecule has 1 saturated heterocycles. The molecule has 0 saturated carbocycles. The molecule has 2 unspecified atom stereocenters. The second kappa shape index (κ2) is 5.41. The Morgan fingerprint density at radius 1 is 1.50 bits per heavy atom. The molecule has 0 aromatic rings. The minimum atomic E-state index is -0.245. The smallest absolute Gasteiger partial charge is 0.243 e. The van der Waals surface area contributed by atoms with Crippen molar-refractivity contribution in [3.8, 4) is 0 Å². The van der Waals surface area contributed by atoms with E-state index in [1.54, 1.807) is 0 Å². The van der Waals surface area contributed by atoms with Crippen molar-refractivity contribution in [3.05, 3.63) is 0 Å². The zero-order valence-corrected chi connectivity index (χ0v) is 10.2. The second-order valence-corrected chi connectivity index (χ2v) is 4.76. The summed E-state index contributed by atoms with van der Waals surface area (Å²) in [6, 6.07) is -0.245. The van der Waals surface area contributed by atoms with E-state index in [-0.39, 0.29) is 24.4 Å². The first-order chi connectivity index (χ1) is 7.45. The first-order valence-electron chi connectivity index (χ1n) is 5.73. The zero-order chi connectivity index (χ0) is 12.3. The van der Waals surface area contributed by atoms with Crippen LogP contribution in [0.3, 0.4) is 0 Å². The molecule has 92 valence electrons. The van der Waals surface area contributed by atoms with Gasteiger partial charge in [-0.15, -0.1) is 0 Å². The van der Waals surface area contributed by atoms with Gasteiger partial charge in [0.2, 0.25) is 11.8 Å². The largest absolute Gasteiger partial charge is 0.330 e. The third-order valence-electron chi connectivity index (χ3n) is 3.25. The Labute approximate surface area is 96.4 Å². The fourth-order valence-corrected chi connectivity index (χ4v) is 1.85. The van der Waals surface area contributed by atoms with Gasteiger partial charge in [0.25, 0.3) is 0 Å². The van der Waals surface area contributed by atoms with Gasteiger partial charge in [-0.1, -0.05) is 13.8 Å². The summed E-state index contributed by atoms with van der Waals surface area (Å²) in [6.07, 6.45) is 0. The topological polar surface area (TPSA) is 75.4 Å². The van der Waals surface area contributed by atoms with Crippen molar-refractivity contribution < 1.29 is 9.59 Å². The summed E-state index contributed by atoms with van der Waals surface area (Å²) >= 11 is 0. The van der Waals surface area contributed by atoms with E-state index < -0.39 is 0 Å². The van der Waals surface area contributed by atoms with Crippen molar-refractivity contribution in [1.82, 2.24) is 10.2 Å². The van der Waals surface area contributed by atoms with Gasteiger partial charge in [-0.3, -0.25) is 19.8 Å². The van der Waals surface area contributed by atoms with Gasteiger partial charge in [-0.25, -0.2) is 0 Å². The molecule has 0 radical (unpaired) electrons. The normalized spacial score (nSPS) is 24.7. The molecule has 3 N–H and O–H groups in total. The number of rotatable bonds is 4. The highest BCUT2D eigenvalue weighted by molar-refractivity contribution is 6.00. The number of hydrogen-bond acceptors (Lipinski definition) is 4. The molecule has 0 aromatic heterocycles. The molecule has 0 bridgehead atoms. The van der Waals surface area contributed by atoms with Crippen molar-refractivity contribution >= 4 is 11.8 Å². The minimum absolute atomic E-state index is 0.212. The van der Waals surface area contributed by atoms with Gasteiger partial charge in [0.05, 0.1) is 12.6 Å². The minimum Gasteiger partial charge on any atom is -0.330 e. The fourth-order valence-electron chi connectivity index (χ4n) is 1.85. The molecule has 5 nitrogen and oxygen atoms in total. The maximum atomic E-state index is 11.4. The van der Waals surface area contributed by atoms with E-state index in [0.717, 1.165) is 0 Å². The van der Waals surface area contributed by atoms with Gasteiger partial charge in [-0.05, 0) is 25.3 Å². The van der Waals surface area contributed by atoms with Crippen LogP contribution in [0.1, 0.15) is 20.8 Å². The number of carbonyl (C=O) groups is 2. The van der Waals surface area contributed by atoms with Gasteiger partial charge in [0, 0.05) is 6.54 Å². The lowest BCUT2D eigenvalue weighted by Crippen LogP contribution is -2.58. The molecule has 2 amide bonds. The summed E-state index contributed by atoms with van der Waals surface area (Å²) in [5.41, 5.74) is 5.69. The lowest BCUT2D eigenvalue weighted by Gasteiger charge is -2.35. The number of carbonyl (C=O) groups excluding carboxylic acids is 2. The number of nitrogens with one attached hydrogen (secondary N) is 1. The van der Waals surface area contributed by atoms with Gasteiger partial charge in [0.15, 0.2) is 0 Å². The van der Waals surface area contributed by atoms with Crippen LogP contribution < -0.4 is 11.1 Å². The number of piperazine rings is 1. The van der Waals surface area contributed by atoms with Crippen LogP contribution in [0.4, 0.5) is 0 Å². The fraction of sp³-hybridized carbons (Fsp3) is 0.818. The van der Waals surface area contributed by atoms with Crippen molar-refractivity contribution in [2.75, 3.05) is 19.6 Å². The number of nitrogens with two attached hydrogens (primary N) is 1. The Balaban J connectivity index is 2.64. The van der Waals surface area contributed by atoms with Gasteiger partial charge in [0.1, 0.15) is 0 Å². The first-order valence-corrected chi connectivity index (χ1v) is 5.73. The monoisotopic (exact) mass is 227 g/mol. The molecule has 0 aromatic carbocycles. The highest BCUT2D eigenvalue weighted by Crippen LogP contribution is 2.14. The van der Waals surface area contributed by atoms with Crippen LogP contribution in [0.5, 0.6) is 0 Å². The average molecular weight is 227 g/mol. The highest BCUT2D eigenvalue weighted by atomic mass is 16.2. The Hall–Kier alpha value is -0.940. The number of hydrogen-bond donors (Lipinski definition) is 2. The molecule has 5 heteroatoms. The van der Waals surface area contributed by atoms with Crippen LogP contribution >= 0.6 is 0 Å². The van der Waals surface area contributed by atoms with Crippen LogP contribution in [0.25, 0.3) is 0 Å². The maximum absolute atomic E-state index is 11.4. The summed E-state index contributed by atoms with van der Waals surface area (Å²) in [5.74, 6) is 0.344. The van der Waals surface area contributed by atoms with Crippen molar-refractivity contribution in [2.45, 2.75) is 26.8 Å². The van der Waals surface area contributed by atoms with Crippen molar-refractivity contribution in [3.63, 3.8) is 0 Å². The van der Waals surface area contributed by atoms with Crippen LogP contribution in [0.2, 0.25) is 0 Å². The lowest BCUT2D eigenvalue weighted by atomic mass is 9.94. The number of amides is 2. The second-order valence-electron chi connectivity index (χ2n) is 4.76. The quantitative estimate of drug-likeness (QED) is 0.639. The Bertz CT molecular complexity index is 278. The van der Waals surface area contributed by atoms with Crippen LogP contribution in [-0.2, 0) is 9.59 Å². The molecule has 1 aliphatic rings. The predicted octanol–water partition coefficient (Wildman–Crippen LogP) is -0.436. The first kappa shape index (κ1) is 13.1. The van der Waals surface area contributed by atoms with E-state index in [0.29, 0.717) is 24.9 Å². The molecule has 0 aliphatic carbocycles. The molecule has 1 heterocycles. The van der Waals surface area contributed by atoms with E-state index in [4.69, 9.17) is 5.73 Å².